The Hall–Kier alpha value is -0.280. The molecule has 10 nitrogen and oxygen atoms in total. The van der Waals surface area contributed by atoms with Gasteiger partial charge in [0.2, 0.25) is 11.4 Å². The summed E-state index contributed by atoms with van der Waals surface area (Å²) in [6.07, 6.45) is 2.56. The van der Waals surface area contributed by atoms with Crippen LogP contribution >= 0.6 is 23.5 Å². The van der Waals surface area contributed by atoms with Gasteiger partial charge in [-0.15, -0.1) is 11.8 Å². The smallest absolute Gasteiger partial charge is 0.276 e. The molecule has 4 atom stereocenters. The number of rotatable bonds is 5. The van der Waals surface area contributed by atoms with Crippen LogP contribution in [0.5, 0.6) is 0 Å². The van der Waals surface area contributed by atoms with E-state index >= 15 is 0 Å². The zero-order chi connectivity index (χ0) is 22.8. The summed E-state index contributed by atoms with van der Waals surface area (Å²) < 4.78 is 32.7. The van der Waals surface area contributed by atoms with Gasteiger partial charge in [-0.1, -0.05) is 0 Å². The first-order chi connectivity index (χ1) is 16.8. The van der Waals surface area contributed by atoms with E-state index in [1.54, 1.807) is 12.5 Å². The van der Waals surface area contributed by atoms with E-state index < -0.39 is 17.7 Å². The standard InChI is InChI=1S/C22H37N5O5S2/c1-4-25(5-2-23-1)18-17-31-21(19-24-3-14-34-19,20-29-12-13-30-20)22(32-18,26-6-10-28-11-7-26)27-8-15-33-16-9-27/h12-13,18-20,23-24H,1-11,14-17H2. The van der Waals surface area contributed by atoms with Crippen molar-refractivity contribution in [1.29, 1.82) is 0 Å². The highest BCUT2D eigenvalue weighted by Crippen LogP contribution is 2.51. The minimum atomic E-state index is -0.887. The molecule has 0 saturated carbocycles. The minimum Gasteiger partial charge on any atom is -0.456 e. The molecule has 6 heterocycles. The number of piperazine rings is 1. The Labute approximate surface area is 210 Å². The molecular formula is C22H37N5O5S2. The quantitative estimate of drug-likeness (QED) is 0.498. The van der Waals surface area contributed by atoms with E-state index in [4.69, 9.17) is 23.7 Å². The van der Waals surface area contributed by atoms with Crippen molar-refractivity contribution in [1.82, 2.24) is 25.3 Å². The number of ether oxygens (including phenoxy) is 5. The molecule has 5 saturated heterocycles. The van der Waals surface area contributed by atoms with E-state index in [9.17, 15) is 0 Å². The van der Waals surface area contributed by atoms with Crippen molar-refractivity contribution in [3.8, 4) is 0 Å². The SMILES string of the molecule is C1=COC(C2(C3NCCS3)OCC(N3CCNCC3)OC2(N2CCOCC2)N2CCSCC2)O1. The summed E-state index contributed by atoms with van der Waals surface area (Å²) >= 11 is 3.89. The normalized spacial score (nSPS) is 41.4. The van der Waals surface area contributed by atoms with Crippen LogP contribution in [0.25, 0.3) is 0 Å². The molecule has 0 amide bonds. The van der Waals surface area contributed by atoms with E-state index in [1.165, 1.54) is 0 Å². The summed E-state index contributed by atoms with van der Waals surface area (Å²) in [7, 11) is 0. The van der Waals surface area contributed by atoms with Crippen molar-refractivity contribution in [3.63, 3.8) is 0 Å². The molecule has 0 bridgehead atoms. The van der Waals surface area contributed by atoms with Gasteiger partial charge in [0.1, 0.15) is 18.8 Å². The summed E-state index contributed by atoms with van der Waals surface area (Å²) in [5, 5.41) is 7.17. The number of hydrogen-bond donors (Lipinski definition) is 2. The molecule has 0 spiro atoms. The molecule has 6 rings (SSSR count). The van der Waals surface area contributed by atoms with Crippen molar-refractivity contribution in [3.05, 3.63) is 12.5 Å². The van der Waals surface area contributed by atoms with Crippen LogP contribution in [0.4, 0.5) is 0 Å². The number of morpholine rings is 1. The predicted molar refractivity (Wildman–Crippen MR) is 131 cm³/mol. The Bertz CT molecular complexity index is 684. The van der Waals surface area contributed by atoms with E-state index in [0.29, 0.717) is 19.8 Å². The molecule has 0 aromatic heterocycles. The van der Waals surface area contributed by atoms with Gasteiger partial charge in [0.15, 0.2) is 0 Å². The van der Waals surface area contributed by atoms with Crippen molar-refractivity contribution in [2.75, 3.05) is 96.0 Å². The van der Waals surface area contributed by atoms with Crippen LogP contribution in [0, 0.1) is 0 Å². The first-order valence-electron chi connectivity index (χ1n) is 12.6. The molecule has 12 heteroatoms. The molecule has 0 aliphatic carbocycles. The van der Waals surface area contributed by atoms with Gasteiger partial charge >= 0.3 is 0 Å². The zero-order valence-electron chi connectivity index (χ0n) is 19.7. The molecule has 6 aliphatic heterocycles. The van der Waals surface area contributed by atoms with Gasteiger partial charge in [0.05, 0.1) is 25.2 Å². The average molecular weight is 516 g/mol. The van der Waals surface area contributed by atoms with Crippen LogP contribution in [-0.4, -0.2) is 140 Å². The first-order valence-corrected chi connectivity index (χ1v) is 14.8. The molecule has 2 N–H and O–H groups in total. The van der Waals surface area contributed by atoms with Gasteiger partial charge in [-0.3, -0.25) is 14.7 Å². The van der Waals surface area contributed by atoms with E-state index in [1.807, 2.05) is 23.5 Å². The molecule has 6 aliphatic rings. The molecule has 0 aromatic carbocycles. The second kappa shape index (κ2) is 10.6. The Kier molecular flexibility index (Phi) is 7.51. The molecule has 5 fully saturated rings. The van der Waals surface area contributed by atoms with Crippen molar-refractivity contribution < 1.29 is 23.7 Å². The maximum atomic E-state index is 7.45. The highest BCUT2D eigenvalue weighted by atomic mass is 32.2. The summed E-state index contributed by atoms with van der Waals surface area (Å²) in [6, 6.07) is 0. The lowest BCUT2D eigenvalue weighted by Crippen LogP contribution is -2.86. The van der Waals surface area contributed by atoms with Gasteiger partial charge < -0.3 is 34.3 Å². The van der Waals surface area contributed by atoms with Gasteiger partial charge in [-0.2, -0.15) is 11.8 Å². The fourth-order valence-corrected chi connectivity index (χ4v) is 8.27. The second-order valence-electron chi connectivity index (χ2n) is 9.35. The Balaban J connectivity index is 1.47. The maximum Gasteiger partial charge on any atom is 0.276 e. The van der Waals surface area contributed by atoms with Gasteiger partial charge in [-0.25, -0.2) is 0 Å². The van der Waals surface area contributed by atoms with Crippen LogP contribution in [-0.2, 0) is 23.7 Å². The zero-order valence-corrected chi connectivity index (χ0v) is 21.3. The second-order valence-corrected chi connectivity index (χ2v) is 11.8. The first kappa shape index (κ1) is 24.1. The lowest BCUT2D eigenvalue weighted by molar-refractivity contribution is -0.440. The van der Waals surface area contributed by atoms with Gasteiger partial charge in [-0.05, 0) is 0 Å². The molecule has 34 heavy (non-hydrogen) atoms. The third-order valence-corrected chi connectivity index (χ3v) is 9.86. The number of nitrogens with zero attached hydrogens (tertiary/aromatic N) is 3. The van der Waals surface area contributed by atoms with Crippen molar-refractivity contribution in [2.45, 2.75) is 29.3 Å². The Morgan fingerprint density at radius 3 is 2.29 bits per heavy atom. The topological polar surface area (TPSA) is 79.9 Å². The van der Waals surface area contributed by atoms with Crippen molar-refractivity contribution >= 4 is 23.5 Å². The van der Waals surface area contributed by atoms with Crippen LogP contribution in [0.1, 0.15) is 0 Å². The fraction of sp³-hybridized carbons (Fsp3) is 0.909. The largest absolute Gasteiger partial charge is 0.456 e. The summed E-state index contributed by atoms with van der Waals surface area (Å²) in [5.74, 6) is 2.31. The van der Waals surface area contributed by atoms with E-state index in [2.05, 4.69) is 25.3 Å². The third-order valence-electron chi connectivity index (χ3n) is 7.63. The molecule has 4 unspecified atom stereocenters. The summed E-state index contributed by atoms with van der Waals surface area (Å²) in [6.45, 7) is 10.0. The number of hydrogen-bond acceptors (Lipinski definition) is 12. The summed E-state index contributed by atoms with van der Waals surface area (Å²) in [4.78, 5) is 7.42. The maximum absolute atomic E-state index is 7.45. The van der Waals surface area contributed by atoms with Gasteiger partial charge in [0.25, 0.3) is 6.29 Å². The lowest BCUT2D eigenvalue weighted by atomic mass is 9.89. The van der Waals surface area contributed by atoms with Crippen LogP contribution < -0.4 is 10.6 Å². The Morgan fingerprint density at radius 1 is 0.853 bits per heavy atom. The molecular weight excluding hydrogens is 478 g/mol. The number of thioether (sulfide) groups is 2. The van der Waals surface area contributed by atoms with Gasteiger partial charge in [0, 0.05) is 76.2 Å². The van der Waals surface area contributed by atoms with Crippen LogP contribution in [0.15, 0.2) is 12.5 Å². The highest BCUT2D eigenvalue weighted by molar-refractivity contribution is 8.00. The molecule has 0 aromatic rings. The number of nitrogens with one attached hydrogen (secondary N) is 2. The van der Waals surface area contributed by atoms with E-state index in [-0.39, 0.29) is 11.6 Å². The van der Waals surface area contributed by atoms with Crippen LogP contribution in [0.3, 0.4) is 0 Å². The Morgan fingerprint density at radius 2 is 1.59 bits per heavy atom. The summed E-state index contributed by atoms with van der Waals surface area (Å²) in [5.41, 5.74) is -0.887. The molecule has 192 valence electrons. The minimum absolute atomic E-state index is 0.0289. The average Bonchev–Trinajstić information content (AvgIpc) is 3.65. The predicted octanol–water partition coefficient (Wildman–Crippen LogP) is -0.455. The van der Waals surface area contributed by atoms with Crippen molar-refractivity contribution in [2.24, 2.45) is 0 Å². The highest BCUT2D eigenvalue weighted by Gasteiger charge is 2.73. The van der Waals surface area contributed by atoms with Crippen LogP contribution in [0.2, 0.25) is 0 Å². The monoisotopic (exact) mass is 515 g/mol. The molecule has 0 radical (unpaired) electrons. The lowest BCUT2D eigenvalue weighted by Gasteiger charge is -2.65. The van der Waals surface area contributed by atoms with E-state index in [0.717, 1.165) is 76.2 Å². The third kappa shape index (κ3) is 4.07. The fourth-order valence-electron chi connectivity index (χ4n) is 6.08.